The molecule has 0 amide bonds. The third-order valence-electron chi connectivity index (χ3n) is 1.20. The van der Waals surface area contributed by atoms with E-state index in [4.69, 9.17) is 0 Å². The van der Waals surface area contributed by atoms with Crippen molar-refractivity contribution >= 4 is 38.0 Å². The summed E-state index contributed by atoms with van der Waals surface area (Å²) in [6.45, 7) is 0. The highest BCUT2D eigenvalue weighted by Gasteiger charge is 1.97. The maximum Gasteiger partial charge on any atom is 0.122 e. The first-order chi connectivity index (χ1) is 4.22. The van der Waals surface area contributed by atoms with E-state index in [2.05, 4.69) is 22.6 Å². The summed E-state index contributed by atoms with van der Waals surface area (Å²) in [6, 6.07) is 5.16. The summed E-state index contributed by atoms with van der Waals surface area (Å²) < 4.78 is 13.7. The summed E-state index contributed by atoms with van der Waals surface area (Å²) in [6.07, 6.45) is 0. The highest BCUT2D eigenvalue weighted by atomic mass is 127. The third kappa shape index (κ3) is 1.51. The van der Waals surface area contributed by atoms with E-state index in [1.165, 1.54) is 6.07 Å². The molecule has 9 heavy (non-hydrogen) atoms. The number of benzene rings is 1. The van der Waals surface area contributed by atoms with Gasteiger partial charge in [-0.2, -0.15) is 0 Å². The zero-order valence-electron chi connectivity index (χ0n) is 4.99. The van der Waals surface area contributed by atoms with Gasteiger partial charge in [-0.15, -0.1) is 0 Å². The topological polar surface area (TPSA) is 0 Å². The Morgan fingerprint density at radius 2 is 2.11 bits per heavy atom. The summed E-state index contributed by atoms with van der Waals surface area (Å²) in [5.74, 6) is -0.0615. The van der Waals surface area contributed by atoms with E-state index < -0.39 is 0 Å². The molecule has 0 nitrogen and oxygen atoms in total. The molecule has 0 saturated carbocycles. The average molecular weight is 252 g/mol. The zero-order chi connectivity index (χ0) is 6.85. The van der Waals surface area contributed by atoms with Crippen LogP contribution in [0.1, 0.15) is 0 Å². The van der Waals surface area contributed by atoms with Gasteiger partial charge in [0, 0.05) is 13.8 Å². The fourth-order valence-electron chi connectivity index (χ4n) is 0.581. The van der Waals surface area contributed by atoms with Gasteiger partial charge < -0.3 is 0 Å². The van der Waals surface area contributed by atoms with Crippen LogP contribution in [0.3, 0.4) is 0 Å². The molecule has 0 N–H and O–H groups in total. The summed E-state index contributed by atoms with van der Waals surface area (Å²) in [5, 5.41) is 0.873. The minimum atomic E-state index is -0.0615. The molecule has 0 unspecified atom stereocenters. The van der Waals surface area contributed by atoms with Gasteiger partial charge in [-0.25, -0.2) is 4.39 Å². The summed E-state index contributed by atoms with van der Waals surface area (Å²) in [4.78, 5) is 0. The number of halogens is 2. The van der Waals surface area contributed by atoms with Crippen LogP contribution >= 0.6 is 22.6 Å². The third-order valence-corrected chi connectivity index (χ3v) is 4.40. The van der Waals surface area contributed by atoms with Crippen LogP contribution in [0.25, 0.3) is 0 Å². The van der Waals surface area contributed by atoms with Gasteiger partial charge in [-0.1, -0.05) is 6.07 Å². The van der Waals surface area contributed by atoms with Gasteiger partial charge in [0.25, 0.3) is 0 Å². The Hall–Kier alpha value is 0.0969. The van der Waals surface area contributed by atoms with Crippen LogP contribution < -0.4 is 5.19 Å². The predicted molar refractivity (Wildman–Crippen MR) is 48.7 cm³/mol. The molecule has 1 rings (SSSR count). The second-order valence-electron chi connectivity index (χ2n) is 1.85. The van der Waals surface area contributed by atoms with Crippen LogP contribution in [-0.2, 0) is 0 Å². The first-order valence-corrected chi connectivity index (χ1v) is 4.70. The Balaban J connectivity index is 3.25. The van der Waals surface area contributed by atoms with Crippen molar-refractivity contribution in [2.75, 3.05) is 0 Å². The smallest absolute Gasteiger partial charge is 0.122 e. The van der Waals surface area contributed by atoms with Gasteiger partial charge in [-0.3, -0.25) is 0 Å². The van der Waals surface area contributed by atoms with Crippen LogP contribution in [0.15, 0.2) is 18.2 Å². The molecule has 0 aromatic heterocycles. The van der Waals surface area contributed by atoms with E-state index in [9.17, 15) is 4.39 Å². The minimum Gasteiger partial charge on any atom is -0.207 e. The standard InChI is InChI=1S/C6H6FISi/c7-4-2-1-3-5(8)6(4)9/h1-3H,9H3. The molecule has 0 aliphatic carbocycles. The van der Waals surface area contributed by atoms with Crippen LogP contribution in [0.5, 0.6) is 0 Å². The molecule has 1 aromatic rings. The summed E-state index contributed by atoms with van der Waals surface area (Å²) in [7, 11) is 0.796. The molecule has 0 saturated heterocycles. The van der Waals surface area contributed by atoms with E-state index in [-0.39, 0.29) is 5.82 Å². The SMILES string of the molecule is Fc1cccc(I)c1[SiH3]. The van der Waals surface area contributed by atoms with E-state index >= 15 is 0 Å². The predicted octanol–water partition coefficient (Wildman–Crippen LogP) is 0.421. The van der Waals surface area contributed by atoms with Gasteiger partial charge in [-0.05, 0) is 39.9 Å². The number of hydrogen-bond acceptors (Lipinski definition) is 0. The molecule has 0 bridgehead atoms. The average Bonchev–Trinajstić information content (AvgIpc) is 1.83. The lowest BCUT2D eigenvalue weighted by molar-refractivity contribution is 0.635. The van der Waals surface area contributed by atoms with E-state index in [1.807, 2.05) is 6.07 Å². The van der Waals surface area contributed by atoms with Crippen molar-refractivity contribution in [1.82, 2.24) is 0 Å². The zero-order valence-corrected chi connectivity index (χ0v) is 9.15. The van der Waals surface area contributed by atoms with Gasteiger partial charge in [0.2, 0.25) is 0 Å². The molecule has 0 atom stereocenters. The van der Waals surface area contributed by atoms with E-state index in [0.29, 0.717) is 0 Å². The highest BCUT2D eigenvalue weighted by Crippen LogP contribution is 2.01. The number of rotatable bonds is 0. The van der Waals surface area contributed by atoms with Crippen LogP contribution in [0.4, 0.5) is 4.39 Å². The first kappa shape index (κ1) is 7.21. The van der Waals surface area contributed by atoms with Crippen molar-refractivity contribution in [2.24, 2.45) is 0 Å². The minimum absolute atomic E-state index is 0.0615. The molecule has 0 aliphatic rings. The van der Waals surface area contributed by atoms with E-state index in [0.717, 1.165) is 19.0 Å². The fraction of sp³-hybridized carbons (Fsp3) is 0. The van der Waals surface area contributed by atoms with Crippen molar-refractivity contribution < 1.29 is 4.39 Å². The lowest BCUT2D eigenvalue weighted by Gasteiger charge is -1.96. The molecule has 0 fully saturated rings. The quantitative estimate of drug-likeness (QED) is 0.464. The Bertz CT molecular complexity index is 204. The molecule has 0 radical (unpaired) electrons. The fourth-order valence-corrected chi connectivity index (χ4v) is 1.38. The van der Waals surface area contributed by atoms with Crippen molar-refractivity contribution in [2.45, 2.75) is 0 Å². The van der Waals surface area contributed by atoms with Gasteiger partial charge >= 0.3 is 0 Å². The van der Waals surface area contributed by atoms with Crippen molar-refractivity contribution in [1.29, 1.82) is 0 Å². The summed E-state index contributed by atoms with van der Waals surface area (Å²) >= 11 is 2.14. The second-order valence-corrected chi connectivity index (χ2v) is 4.01. The Kier molecular flexibility index (Phi) is 2.23. The van der Waals surface area contributed by atoms with Crippen LogP contribution in [0, 0.1) is 9.39 Å². The highest BCUT2D eigenvalue weighted by molar-refractivity contribution is 14.1. The lowest BCUT2D eigenvalue weighted by Crippen LogP contribution is -2.11. The van der Waals surface area contributed by atoms with Crippen molar-refractivity contribution in [3.8, 4) is 0 Å². The second kappa shape index (κ2) is 2.79. The molecular weight excluding hydrogens is 246 g/mol. The Morgan fingerprint density at radius 3 is 2.56 bits per heavy atom. The maximum absolute atomic E-state index is 12.6. The largest absolute Gasteiger partial charge is 0.207 e. The molecule has 0 heterocycles. The van der Waals surface area contributed by atoms with Crippen molar-refractivity contribution in [3.63, 3.8) is 0 Å². The van der Waals surface area contributed by atoms with Crippen LogP contribution in [0.2, 0.25) is 0 Å². The Morgan fingerprint density at radius 1 is 1.44 bits per heavy atom. The van der Waals surface area contributed by atoms with Crippen LogP contribution in [-0.4, -0.2) is 10.2 Å². The van der Waals surface area contributed by atoms with Gasteiger partial charge in [0.1, 0.15) is 5.82 Å². The maximum atomic E-state index is 12.6. The molecule has 3 heteroatoms. The van der Waals surface area contributed by atoms with Crippen molar-refractivity contribution in [3.05, 3.63) is 27.6 Å². The molecule has 0 aliphatic heterocycles. The molecule has 0 spiro atoms. The molecule has 48 valence electrons. The Labute approximate surface area is 70.0 Å². The first-order valence-electron chi connectivity index (χ1n) is 2.62. The number of hydrogen-bond donors (Lipinski definition) is 0. The van der Waals surface area contributed by atoms with Gasteiger partial charge in [0.05, 0.1) is 0 Å². The normalized spacial score (nSPS) is 10.0. The summed E-state index contributed by atoms with van der Waals surface area (Å²) in [5.41, 5.74) is 0. The lowest BCUT2D eigenvalue weighted by atomic mass is 10.3. The molecule has 1 aromatic carbocycles. The van der Waals surface area contributed by atoms with E-state index in [1.54, 1.807) is 6.07 Å². The molecular formula is C6H6FISi. The monoisotopic (exact) mass is 252 g/mol. The van der Waals surface area contributed by atoms with Gasteiger partial charge in [0.15, 0.2) is 0 Å².